The third-order valence-corrected chi connectivity index (χ3v) is 10.9. The fourth-order valence-corrected chi connectivity index (χ4v) is 8.31. The van der Waals surface area contributed by atoms with Crippen LogP contribution in [0.25, 0.3) is 0 Å². The molecule has 4 N–H and O–H groups in total. The van der Waals surface area contributed by atoms with Crippen LogP contribution in [0.1, 0.15) is 48.8 Å². The summed E-state index contributed by atoms with van der Waals surface area (Å²) < 4.78 is 85.2. The Morgan fingerprint density at radius 2 is 1.65 bits per heavy atom. The molecular weight excluding hydrogens is 630 g/mol. The maximum Gasteiger partial charge on any atom is 0.407 e. The number of pyridine rings is 1. The topological polar surface area (TPSA) is 146 Å². The quantitative estimate of drug-likeness (QED) is 0.276. The zero-order valence-electron chi connectivity index (χ0n) is 24.7. The number of halogens is 4. The van der Waals surface area contributed by atoms with Crippen molar-refractivity contribution in [3.05, 3.63) is 94.8 Å². The molecule has 2 aliphatic rings. The standard InChI is InChI=1S/C31H33F4N5O5S/c1-17-15-39(31(42)43)16-23(40(17)46(44,45)24-7-8-24)6-9-25-26(35)13-37-14-27(25)38-30(41)29(36)28(18-2-4-20(32)5-3-18)19-10-21(33)12-22(34)11-19/h2-5,10-14,17,23-24,28-29H,6-9,15-16,36H2,1H3,(H,38,41)(H,42,43)/t17?,23?,28-,29-/m0/s1. The highest BCUT2D eigenvalue weighted by molar-refractivity contribution is 7.90. The minimum absolute atomic E-state index is 0.00890. The first-order valence-corrected chi connectivity index (χ1v) is 16.2. The van der Waals surface area contributed by atoms with E-state index in [0.29, 0.717) is 18.9 Å². The fraction of sp³-hybridized carbons (Fsp3) is 0.387. The molecule has 2 heterocycles. The molecular formula is C31H33F4N5O5S. The number of amides is 2. The van der Waals surface area contributed by atoms with E-state index in [0.717, 1.165) is 35.4 Å². The fourth-order valence-electron chi connectivity index (χ4n) is 6.07. The predicted octanol–water partition coefficient (Wildman–Crippen LogP) is 4.21. The number of rotatable bonds is 10. The van der Waals surface area contributed by atoms with Gasteiger partial charge >= 0.3 is 6.09 Å². The number of nitrogens with two attached hydrogens (primary N) is 1. The maximum atomic E-state index is 15.2. The molecule has 1 aliphatic carbocycles. The van der Waals surface area contributed by atoms with E-state index >= 15 is 4.39 Å². The summed E-state index contributed by atoms with van der Waals surface area (Å²) in [5.41, 5.74) is 6.56. The number of carboxylic acid groups (broad SMARTS) is 1. The molecule has 5 rings (SSSR count). The molecule has 0 bridgehead atoms. The number of hydrogen-bond donors (Lipinski definition) is 3. The van der Waals surface area contributed by atoms with Gasteiger partial charge in [0, 0.05) is 42.7 Å². The van der Waals surface area contributed by atoms with Crippen molar-refractivity contribution in [2.75, 3.05) is 18.4 Å². The van der Waals surface area contributed by atoms with Crippen LogP contribution >= 0.6 is 0 Å². The van der Waals surface area contributed by atoms with E-state index in [2.05, 4.69) is 10.3 Å². The lowest BCUT2D eigenvalue weighted by Gasteiger charge is -2.44. The van der Waals surface area contributed by atoms with Gasteiger partial charge in [0.2, 0.25) is 15.9 Å². The smallest absolute Gasteiger partial charge is 0.407 e. The van der Waals surface area contributed by atoms with Gasteiger partial charge in [-0.3, -0.25) is 9.78 Å². The summed E-state index contributed by atoms with van der Waals surface area (Å²) in [5, 5.41) is 11.6. The van der Waals surface area contributed by atoms with Gasteiger partial charge in [0.1, 0.15) is 23.3 Å². The van der Waals surface area contributed by atoms with Crippen LogP contribution in [0.2, 0.25) is 0 Å². The highest BCUT2D eigenvalue weighted by Crippen LogP contribution is 2.36. The Morgan fingerprint density at radius 1 is 1.00 bits per heavy atom. The summed E-state index contributed by atoms with van der Waals surface area (Å²) in [4.78, 5) is 30.3. The van der Waals surface area contributed by atoms with Crippen molar-refractivity contribution in [1.29, 1.82) is 0 Å². The van der Waals surface area contributed by atoms with Gasteiger partial charge in [0.05, 0.1) is 29.4 Å². The summed E-state index contributed by atoms with van der Waals surface area (Å²) >= 11 is 0. The second-order valence-electron chi connectivity index (χ2n) is 11.7. The monoisotopic (exact) mass is 663 g/mol. The molecule has 3 aromatic rings. The SMILES string of the molecule is CC1CN(C(=O)O)CC(CCc2c(F)cncc2NC(=O)[C@@H](N)[C@@H](c2ccc(F)cc2)c2cc(F)cc(F)c2)N1S(=O)(=O)C1CC1. The number of benzene rings is 2. The van der Waals surface area contributed by atoms with Gasteiger partial charge in [-0.1, -0.05) is 12.1 Å². The first-order valence-electron chi connectivity index (χ1n) is 14.7. The first-order chi connectivity index (χ1) is 21.8. The Labute approximate surface area is 263 Å². The Balaban J connectivity index is 1.41. The van der Waals surface area contributed by atoms with Gasteiger partial charge in [-0.25, -0.2) is 30.8 Å². The zero-order chi connectivity index (χ0) is 33.3. The van der Waals surface area contributed by atoms with E-state index in [1.54, 1.807) is 6.92 Å². The zero-order valence-corrected chi connectivity index (χ0v) is 25.6. The average molecular weight is 664 g/mol. The summed E-state index contributed by atoms with van der Waals surface area (Å²) in [7, 11) is -3.72. The highest BCUT2D eigenvalue weighted by Gasteiger charge is 2.47. The number of aromatic nitrogens is 1. The van der Waals surface area contributed by atoms with Gasteiger partial charge in [-0.05, 0) is 68.0 Å². The van der Waals surface area contributed by atoms with E-state index in [4.69, 9.17) is 5.73 Å². The maximum absolute atomic E-state index is 15.2. The van der Waals surface area contributed by atoms with Crippen molar-refractivity contribution in [3.63, 3.8) is 0 Å². The average Bonchev–Trinajstić information content (AvgIpc) is 3.84. The van der Waals surface area contributed by atoms with Crippen LogP contribution in [0, 0.1) is 23.3 Å². The van der Waals surface area contributed by atoms with Crippen molar-refractivity contribution < 1.29 is 40.7 Å². The Hall–Kier alpha value is -4.08. The molecule has 1 saturated carbocycles. The summed E-state index contributed by atoms with van der Waals surface area (Å²) in [6.45, 7) is 1.50. The van der Waals surface area contributed by atoms with E-state index in [1.807, 2.05) is 0 Å². The molecule has 4 atom stereocenters. The van der Waals surface area contributed by atoms with Gasteiger partial charge in [0.25, 0.3) is 0 Å². The molecule has 2 fully saturated rings. The summed E-state index contributed by atoms with van der Waals surface area (Å²) in [6, 6.07) is 4.62. The van der Waals surface area contributed by atoms with Gasteiger partial charge in [-0.15, -0.1) is 0 Å². The number of piperazine rings is 1. The molecule has 1 aromatic heterocycles. The Kier molecular flexibility index (Phi) is 9.65. The minimum atomic E-state index is -3.72. The number of hydrogen-bond acceptors (Lipinski definition) is 6. The van der Waals surface area contributed by atoms with Gasteiger partial charge in [-0.2, -0.15) is 4.31 Å². The molecule has 0 radical (unpaired) electrons. The predicted molar refractivity (Wildman–Crippen MR) is 160 cm³/mol. The molecule has 46 heavy (non-hydrogen) atoms. The van der Waals surface area contributed by atoms with Gasteiger partial charge in [0.15, 0.2) is 0 Å². The third-order valence-electron chi connectivity index (χ3n) is 8.35. The lowest BCUT2D eigenvalue weighted by Crippen LogP contribution is -2.61. The molecule has 0 spiro atoms. The number of carbonyl (C=O) groups excluding carboxylic acids is 1. The molecule has 10 nitrogen and oxygen atoms in total. The van der Waals surface area contributed by atoms with Crippen molar-refractivity contribution >= 4 is 27.7 Å². The van der Waals surface area contributed by atoms with Crippen molar-refractivity contribution in [2.24, 2.45) is 5.73 Å². The largest absolute Gasteiger partial charge is 0.465 e. The number of nitrogens with zero attached hydrogens (tertiary/aromatic N) is 3. The third kappa shape index (κ3) is 7.16. The number of nitrogens with one attached hydrogen (secondary N) is 1. The highest BCUT2D eigenvalue weighted by atomic mass is 32.2. The Morgan fingerprint density at radius 3 is 2.26 bits per heavy atom. The van der Waals surface area contributed by atoms with Crippen LogP contribution in [0.3, 0.4) is 0 Å². The summed E-state index contributed by atoms with van der Waals surface area (Å²) in [5.74, 6) is -5.21. The molecule has 2 aromatic carbocycles. The number of carbonyl (C=O) groups is 2. The van der Waals surface area contributed by atoms with Crippen molar-refractivity contribution in [2.45, 2.75) is 61.9 Å². The number of anilines is 1. The van der Waals surface area contributed by atoms with E-state index in [9.17, 15) is 36.3 Å². The van der Waals surface area contributed by atoms with E-state index in [1.165, 1.54) is 22.6 Å². The molecule has 1 saturated heterocycles. The lowest BCUT2D eigenvalue weighted by atomic mass is 9.84. The van der Waals surface area contributed by atoms with Crippen LogP contribution in [0.15, 0.2) is 54.9 Å². The lowest BCUT2D eigenvalue weighted by molar-refractivity contribution is -0.117. The second kappa shape index (κ2) is 13.3. The van der Waals surface area contributed by atoms with Crippen molar-refractivity contribution in [1.82, 2.24) is 14.2 Å². The molecule has 15 heteroatoms. The molecule has 2 amide bonds. The van der Waals surface area contributed by atoms with Crippen LogP contribution in [-0.4, -0.2) is 76.2 Å². The number of sulfonamides is 1. The van der Waals surface area contributed by atoms with Crippen LogP contribution in [0.5, 0.6) is 0 Å². The summed E-state index contributed by atoms with van der Waals surface area (Å²) in [6.07, 6.45) is 1.85. The van der Waals surface area contributed by atoms with E-state index in [-0.39, 0.29) is 48.3 Å². The molecule has 1 aliphatic heterocycles. The molecule has 2 unspecified atom stereocenters. The van der Waals surface area contributed by atoms with Crippen LogP contribution in [0.4, 0.5) is 28.0 Å². The normalized spacial score (nSPS) is 20.3. The van der Waals surface area contributed by atoms with Crippen LogP contribution in [-0.2, 0) is 21.2 Å². The first kappa shape index (κ1) is 33.3. The minimum Gasteiger partial charge on any atom is -0.465 e. The van der Waals surface area contributed by atoms with Crippen molar-refractivity contribution in [3.8, 4) is 0 Å². The van der Waals surface area contributed by atoms with Crippen LogP contribution < -0.4 is 11.1 Å². The molecule has 246 valence electrons. The van der Waals surface area contributed by atoms with E-state index < -0.39 is 74.6 Å². The second-order valence-corrected chi connectivity index (χ2v) is 13.8. The Bertz CT molecular complexity index is 1700. The van der Waals surface area contributed by atoms with Gasteiger partial charge < -0.3 is 21.1 Å².